The third-order valence-corrected chi connectivity index (χ3v) is 4.11. The summed E-state index contributed by atoms with van der Waals surface area (Å²) in [6, 6.07) is 5.96. The van der Waals surface area contributed by atoms with Crippen LogP contribution in [0, 0.1) is 18.6 Å². The van der Waals surface area contributed by atoms with Crippen molar-refractivity contribution in [2.24, 2.45) is 0 Å². The number of carbonyl (C=O) groups is 3. The molecule has 1 fully saturated rings. The summed E-state index contributed by atoms with van der Waals surface area (Å²) in [5.41, 5.74) is 0.775. The fourth-order valence-electron chi connectivity index (χ4n) is 2.76. The highest BCUT2D eigenvalue weighted by molar-refractivity contribution is 6.23. The maximum Gasteiger partial charge on any atom is 0.335 e. The molecular weight excluding hydrogens is 346 g/mol. The number of aromatic carboxylic acids is 1. The van der Waals surface area contributed by atoms with E-state index in [0.29, 0.717) is 22.2 Å². The number of anilines is 2. The quantitative estimate of drug-likeness (QED) is 0.819. The van der Waals surface area contributed by atoms with E-state index in [2.05, 4.69) is 5.32 Å². The molecule has 26 heavy (non-hydrogen) atoms. The minimum Gasteiger partial charge on any atom is -0.478 e. The zero-order valence-electron chi connectivity index (χ0n) is 13.6. The van der Waals surface area contributed by atoms with Crippen molar-refractivity contribution in [3.63, 3.8) is 0 Å². The number of carboxylic acids is 1. The average molecular weight is 360 g/mol. The SMILES string of the molecule is Cc1ccc(C(=O)O)cc1NC1CC(=O)N(c2ccc(F)cc2F)C1=O. The Morgan fingerprint density at radius 1 is 1.19 bits per heavy atom. The van der Waals surface area contributed by atoms with Crippen LogP contribution in [-0.2, 0) is 9.59 Å². The summed E-state index contributed by atoms with van der Waals surface area (Å²) >= 11 is 0. The van der Waals surface area contributed by atoms with E-state index < -0.39 is 35.5 Å². The van der Waals surface area contributed by atoms with Crippen molar-refractivity contribution in [1.82, 2.24) is 0 Å². The van der Waals surface area contributed by atoms with Crippen LogP contribution < -0.4 is 10.2 Å². The Hall–Kier alpha value is -3.29. The molecule has 1 aliphatic rings. The van der Waals surface area contributed by atoms with Crippen molar-refractivity contribution in [3.8, 4) is 0 Å². The van der Waals surface area contributed by atoms with E-state index in [-0.39, 0.29) is 17.7 Å². The summed E-state index contributed by atoms with van der Waals surface area (Å²) in [4.78, 5) is 36.5. The van der Waals surface area contributed by atoms with Gasteiger partial charge in [-0.25, -0.2) is 18.5 Å². The van der Waals surface area contributed by atoms with Gasteiger partial charge in [0, 0.05) is 11.8 Å². The van der Waals surface area contributed by atoms with Gasteiger partial charge in [-0.1, -0.05) is 6.07 Å². The van der Waals surface area contributed by atoms with E-state index in [1.165, 1.54) is 12.1 Å². The minimum atomic E-state index is -1.13. The summed E-state index contributed by atoms with van der Waals surface area (Å²) in [6.07, 6.45) is -0.230. The molecule has 1 saturated heterocycles. The second-order valence-corrected chi connectivity index (χ2v) is 5.90. The number of nitrogens with one attached hydrogen (secondary N) is 1. The lowest BCUT2D eigenvalue weighted by molar-refractivity contribution is -0.121. The first-order valence-electron chi connectivity index (χ1n) is 7.70. The van der Waals surface area contributed by atoms with Crippen LogP contribution >= 0.6 is 0 Å². The fourth-order valence-corrected chi connectivity index (χ4v) is 2.76. The van der Waals surface area contributed by atoms with E-state index in [0.717, 1.165) is 12.1 Å². The number of benzene rings is 2. The first-order valence-corrected chi connectivity index (χ1v) is 7.70. The molecule has 1 aliphatic heterocycles. The molecule has 8 heteroatoms. The highest BCUT2D eigenvalue weighted by atomic mass is 19.1. The third kappa shape index (κ3) is 3.13. The minimum absolute atomic E-state index is 0.0244. The molecule has 6 nitrogen and oxygen atoms in total. The number of aryl methyl sites for hydroxylation is 1. The van der Waals surface area contributed by atoms with Gasteiger partial charge in [0.25, 0.3) is 5.91 Å². The Morgan fingerprint density at radius 2 is 1.92 bits per heavy atom. The summed E-state index contributed by atoms with van der Waals surface area (Å²) in [5, 5.41) is 11.9. The van der Waals surface area contributed by atoms with Gasteiger partial charge in [-0.15, -0.1) is 0 Å². The molecule has 2 amide bonds. The standard InChI is InChI=1S/C18H14F2N2O4/c1-9-2-3-10(18(25)26)6-13(9)21-14-8-16(23)22(17(14)24)15-5-4-11(19)7-12(15)20/h2-7,14,21H,8H2,1H3,(H,25,26). The molecule has 2 N–H and O–H groups in total. The molecule has 0 saturated carbocycles. The van der Waals surface area contributed by atoms with Gasteiger partial charge in [0.1, 0.15) is 17.7 Å². The normalized spacial score (nSPS) is 16.9. The Labute approximate surface area is 147 Å². The zero-order valence-corrected chi connectivity index (χ0v) is 13.6. The molecule has 2 aromatic rings. The Kier molecular flexibility index (Phi) is 4.41. The molecule has 3 rings (SSSR count). The van der Waals surface area contributed by atoms with Crippen molar-refractivity contribution in [2.75, 3.05) is 10.2 Å². The van der Waals surface area contributed by atoms with Gasteiger partial charge in [0.15, 0.2) is 0 Å². The average Bonchev–Trinajstić information content (AvgIpc) is 2.84. The highest BCUT2D eigenvalue weighted by Gasteiger charge is 2.40. The first-order chi connectivity index (χ1) is 12.3. The van der Waals surface area contributed by atoms with E-state index in [4.69, 9.17) is 5.11 Å². The second kappa shape index (κ2) is 6.55. The topological polar surface area (TPSA) is 86.7 Å². The molecule has 0 radical (unpaired) electrons. The van der Waals surface area contributed by atoms with Crippen LogP contribution in [0.2, 0.25) is 0 Å². The zero-order chi connectivity index (χ0) is 19.0. The Balaban J connectivity index is 1.88. The summed E-state index contributed by atoms with van der Waals surface area (Å²) < 4.78 is 27.0. The number of imide groups is 1. The number of hydrogen-bond donors (Lipinski definition) is 2. The maximum absolute atomic E-state index is 13.9. The molecule has 0 aromatic heterocycles. The first kappa shape index (κ1) is 17.5. The fraction of sp³-hybridized carbons (Fsp3) is 0.167. The van der Waals surface area contributed by atoms with Crippen LogP contribution in [0.25, 0.3) is 0 Å². The van der Waals surface area contributed by atoms with Gasteiger partial charge < -0.3 is 10.4 Å². The van der Waals surface area contributed by atoms with Crippen LogP contribution in [0.4, 0.5) is 20.2 Å². The van der Waals surface area contributed by atoms with E-state index in [9.17, 15) is 23.2 Å². The van der Waals surface area contributed by atoms with Gasteiger partial charge in [0.05, 0.1) is 17.7 Å². The monoisotopic (exact) mass is 360 g/mol. The predicted molar refractivity (Wildman–Crippen MR) is 89.0 cm³/mol. The molecular formula is C18H14F2N2O4. The van der Waals surface area contributed by atoms with Crippen LogP contribution in [0.15, 0.2) is 36.4 Å². The van der Waals surface area contributed by atoms with E-state index in [1.807, 2.05) is 0 Å². The second-order valence-electron chi connectivity index (χ2n) is 5.90. The van der Waals surface area contributed by atoms with Gasteiger partial charge >= 0.3 is 5.97 Å². The largest absolute Gasteiger partial charge is 0.478 e. The van der Waals surface area contributed by atoms with Crippen LogP contribution in [0.5, 0.6) is 0 Å². The molecule has 1 atom stereocenters. The van der Waals surface area contributed by atoms with Gasteiger partial charge in [-0.2, -0.15) is 0 Å². The van der Waals surface area contributed by atoms with Gasteiger partial charge in [-0.3, -0.25) is 9.59 Å². The van der Waals surface area contributed by atoms with Crippen molar-refractivity contribution < 1.29 is 28.3 Å². The molecule has 134 valence electrons. The van der Waals surface area contributed by atoms with E-state index >= 15 is 0 Å². The van der Waals surface area contributed by atoms with Crippen molar-refractivity contribution >= 4 is 29.2 Å². The molecule has 1 unspecified atom stereocenters. The lowest BCUT2D eigenvalue weighted by Crippen LogP contribution is -2.35. The molecule has 1 heterocycles. The number of rotatable bonds is 4. The number of halogens is 2. The van der Waals surface area contributed by atoms with Gasteiger partial charge in [-0.05, 0) is 36.8 Å². The maximum atomic E-state index is 13.9. The number of hydrogen-bond acceptors (Lipinski definition) is 4. The summed E-state index contributed by atoms with van der Waals surface area (Å²) in [6.45, 7) is 1.71. The smallest absolute Gasteiger partial charge is 0.335 e. The van der Waals surface area contributed by atoms with Crippen molar-refractivity contribution in [2.45, 2.75) is 19.4 Å². The highest BCUT2D eigenvalue weighted by Crippen LogP contribution is 2.28. The van der Waals surface area contributed by atoms with Crippen molar-refractivity contribution in [3.05, 3.63) is 59.2 Å². The predicted octanol–water partition coefficient (Wildman–Crippen LogP) is 2.72. The van der Waals surface area contributed by atoms with Crippen LogP contribution in [0.1, 0.15) is 22.3 Å². The number of amides is 2. The molecule has 0 aliphatic carbocycles. The number of carboxylic acid groups (broad SMARTS) is 1. The van der Waals surface area contributed by atoms with Gasteiger partial charge in [0.2, 0.25) is 5.91 Å². The Morgan fingerprint density at radius 3 is 2.58 bits per heavy atom. The number of carbonyl (C=O) groups excluding carboxylic acids is 2. The Bertz CT molecular complexity index is 929. The summed E-state index contributed by atoms with van der Waals surface area (Å²) in [7, 11) is 0. The molecule has 0 bridgehead atoms. The lowest BCUT2D eigenvalue weighted by Gasteiger charge is -2.17. The van der Waals surface area contributed by atoms with E-state index in [1.54, 1.807) is 13.0 Å². The third-order valence-electron chi connectivity index (χ3n) is 4.11. The molecule has 0 spiro atoms. The summed E-state index contributed by atoms with van der Waals surface area (Å²) in [5.74, 6) is -4.29. The number of nitrogens with zero attached hydrogens (tertiary/aromatic N) is 1. The molecule has 2 aromatic carbocycles. The van der Waals surface area contributed by atoms with Crippen molar-refractivity contribution in [1.29, 1.82) is 0 Å². The van der Waals surface area contributed by atoms with Crippen LogP contribution in [0.3, 0.4) is 0 Å². The lowest BCUT2D eigenvalue weighted by atomic mass is 10.1. The van der Waals surface area contributed by atoms with Crippen LogP contribution in [-0.4, -0.2) is 28.9 Å².